The highest BCUT2D eigenvalue weighted by molar-refractivity contribution is 5.74. The molecule has 0 aliphatic rings. The molecule has 21 heavy (non-hydrogen) atoms. The summed E-state index contributed by atoms with van der Waals surface area (Å²) >= 11 is 0. The van der Waals surface area contributed by atoms with Gasteiger partial charge in [-0.2, -0.15) is 0 Å². The van der Waals surface area contributed by atoms with Crippen molar-refractivity contribution in [1.29, 1.82) is 0 Å². The number of nitrogens with zero attached hydrogens (tertiary/aromatic N) is 2. The molecular weight excluding hydrogens is 270 g/mol. The first-order chi connectivity index (χ1) is 10.1. The van der Waals surface area contributed by atoms with E-state index in [1.807, 2.05) is 30.3 Å². The molecule has 1 heterocycles. The van der Waals surface area contributed by atoms with Crippen molar-refractivity contribution in [2.75, 3.05) is 13.7 Å². The van der Waals surface area contributed by atoms with Crippen LogP contribution in [0.5, 0.6) is 0 Å². The Kier molecular flexibility index (Phi) is 4.94. The molecule has 1 atom stereocenters. The molecule has 1 unspecified atom stereocenters. The zero-order valence-electron chi connectivity index (χ0n) is 12.1. The van der Waals surface area contributed by atoms with Crippen LogP contribution < -0.4 is 5.32 Å². The number of carbonyl (C=O) groups is 1. The highest BCUT2D eigenvalue weighted by Gasteiger charge is 2.15. The predicted octanol–water partition coefficient (Wildman–Crippen LogP) is 1.86. The Morgan fingerprint density at radius 1 is 1.43 bits per heavy atom. The van der Waals surface area contributed by atoms with E-state index in [0.717, 1.165) is 5.56 Å². The monoisotopic (exact) mass is 289 g/mol. The van der Waals surface area contributed by atoms with Crippen molar-refractivity contribution in [3.05, 3.63) is 42.3 Å². The molecule has 0 saturated carbocycles. The van der Waals surface area contributed by atoms with E-state index in [4.69, 9.17) is 9.52 Å². The molecule has 2 rings (SSSR count). The number of likely N-dealkylation sites (N-methyl/N-ethyl adjacent to an activating group) is 1. The number of aromatic nitrogens is 1. The van der Waals surface area contributed by atoms with Gasteiger partial charge in [0.25, 0.3) is 0 Å². The van der Waals surface area contributed by atoms with Crippen LogP contribution in [0, 0.1) is 0 Å². The third kappa shape index (κ3) is 3.82. The van der Waals surface area contributed by atoms with E-state index in [1.165, 1.54) is 11.2 Å². The second kappa shape index (κ2) is 6.90. The van der Waals surface area contributed by atoms with E-state index in [-0.39, 0.29) is 25.2 Å². The van der Waals surface area contributed by atoms with E-state index in [2.05, 4.69) is 10.3 Å². The molecule has 0 fully saturated rings. The molecule has 2 amide bonds. The molecule has 2 aromatic rings. The molecule has 6 heteroatoms. The number of rotatable bonds is 5. The lowest BCUT2D eigenvalue weighted by atomic mass is 10.2. The van der Waals surface area contributed by atoms with Crippen LogP contribution in [0.3, 0.4) is 0 Å². The molecule has 0 spiro atoms. The first kappa shape index (κ1) is 15.1. The van der Waals surface area contributed by atoms with Gasteiger partial charge in [-0.05, 0) is 19.1 Å². The van der Waals surface area contributed by atoms with Crippen molar-refractivity contribution >= 4 is 6.03 Å². The Hall–Kier alpha value is -2.34. The summed E-state index contributed by atoms with van der Waals surface area (Å²) in [4.78, 5) is 17.6. The van der Waals surface area contributed by atoms with Crippen molar-refractivity contribution in [3.8, 4) is 11.5 Å². The van der Waals surface area contributed by atoms with Gasteiger partial charge in [-0.1, -0.05) is 18.2 Å². The number of amides is 2. The van der Waals surface area contributed by atoms with Crippen LogP contribution in [-0.2, 0) is 6.54 Å². The fourth-order valence-corrected chi connectivity index (χ4v) is 1.71. The highest BCUT2D eigenvalue weighted by atomic mass is 16.3. The molecule has 0 aliphatic heterocycles. The third-order valence-corrected chi connectivity index (χ3v) is 3.24. The number of hydrogen-bond acceptors (Lipinski definition) is 4. The van der Waals surface area contributed by atoms with Gasteiger partial charge >= 0.3 is 6.03 Å². The molecule has 0 bridgehead atoms. The van der Waals surface area contributed by atoms with E-state index in [9.17, 15) is 4.79 Å². The number of nitrogens with one attached hydrogen (secondary N) is 1. The van der Waals surface area contributed by atoms with Crippen LogP contribution in [0.4, 0.5) is 4.79 Å². The van der Waals surface area contributed by atoms with E-state index in [1.54, 1.807) is 14.0 Å². The molecule has 1 aromatic carbocycles. The largest absolute Gasteiger partial charge is 0.444 e. The van der Waals surface area contributed by atoms with Crippen LogP contribution in [0.2, 0.25) is 0 Å². The van der Waals surface area contributed by atoms with Crippen LogP contribution in [0.15, 0.2) is 41.0 Å². The normalized spacial score (nSPS) is 12.0. The maximum atomic E-state index is 11.8. The average molecular weight is 289 g/mol. The molecular formula is C15H19N3O3. The number of urea groups is 1. The lowest BCUT2D eigenvalue weighted by Gasteiger charge is -2.23. The molecule has 1 aromatic heterocycles. The summed E-state index contributed by atoms with van der Waals surface area (Å²) in [7, 11) is 1.63. The van der Waals surface area contributed by atoms with Gasteiger partial charge in [0.2, 0.25) is 5.89 Å². The van der Waals surface area contributed by atoms with Crippen molar-refractivity contribution in [3.63, 3.8) is 0 Å². The van der Waals surface area contributed by atoms with Gasteiger partial charge in [-0.25, -0.2) is 9.78 Å². The number of aliphatic hydroxyl groups excluding tert-OH is 1. The van der Waals surface area contributed by atoms with E-state index < -0.39 is 0 Å². The van der Waals surface area contributed by atoms with E-state index >= 15 is 0 Å². The van der Waals surface area contributed by atoms with Gasteiger partial charge in [-0.3, -0.25) is 0 Å². The number of benzene rings is 1. The van der Waals surface area contributed by atoms with Gasteiger partial charge in [0, 0.05) is 12.6 Å². The van der Waals surface area contributed by atoms with Crippen LogP contribution in [0.1, 0.15) is 12.6 Å². The highest BCUT2D eigenvalue weighted by Crippen LogP contribution is 2.17. The zero-order valence-corrected chi connectivity index (χ0v) is 12.1. The Morgan fingerprint density at radius 2 is 2.14 bits per heavy atom. The van der Waals surface area contributed by atoms with Crippen molar-refractivity contribution in [2.45, 2.75) is 19.5 Å². The molecule has 0 aliphatic carbocycles. The van der Waals surface area contributed by atoms with Gasteiger partial charge in [0.15, 0.2) is 0 Å². The topological polar surface area (TPSA) is 78.6 Å². The van der Waals surface area contributed by atoms with E-state index in [0.29, 0.717) is 11.6 Å². The number of oxazole rings is 1. The second-order valence-electron chi connectivity index (χ2n) is 4.81. The minimum atomic E-state index is -0.263. The average Bonchev–Trinajstić information content (AvgIpc) is 3.01. The Labute approximate surface area is 123 Å². The smallest absolute Gasteiger partial charge is 0.317 e. The maximum absolute atomic E-state index is 11.8. The second-order valence-corrected chi connectivity index (χ2v) is 4.81. The van der Waals surface area contributed by atoms with Gasteiger partial charge in [-0.15, -0.1) is 0 Å². The van der Waals surface area contributed by atoms with Crippen LogP contribution in [-0.4, -0.2) is 40.7 Å². The molecule has 0 radical (unpaired) electrons. The minimum Gasteiger partial charge on any atom is -0.444 e. The fraction of sp³-hybridized carbons (Fsp3) is 0.333. The fourth-order valence-electron chi connectivity index (χ4n) is 1.71. The molecule has 112 valence electrons. The van der Waals surface area contributed by atoms with Gasteiger partial charge < -0.3 is 19.7 Å². The summed E-state index contributed by atoms with van der Waals surface area (Å²) in [6, 6.07) is 9.06. The van der Waals surface area contributed by atoms with Gasteiger partial charge in [0.05, 0.1) is 24.9 Å². The SMILES string of the molecule is CC(CO)N(C)C(=O)NCc1coc(-c2ccccc2)n1. The lowest BCUT2D eigenvalue weighted by molar-refractivity contribution is 0.157. The Morgan fingerprint density at radius 3 is 2.81 bits per heavy atom. The Balaban J connectivity index is 1.93. The summed E-state index contributed by atoms with van der Waals surface area (Å²) in [6.07, 6.45) is 1.53. The number of hydrogen-bond donors (Lipinski definition) is 2. The lowest BCUT2D eigenvalue weighted by Crippen LogP contribution is -2.43. The summed E-state index contributed by atoms with van der Waals surface area (Å²) in [6.45, 7) is 1.97. The molecule has 2 N–H and O–H groups in total. The van der Waals surface area contributed by atoms with Crippen molar-refractivity contribution < 1.29 is 14.3 Å². The summed E-state index contributed by atoms with van der Waals surface area (Å²) < 4.78 is 5.40. The quantitative estimate of drug-likeness (QED) is 0.880. The molecule has 6 nitrogen and oxygen atoms in total. The Bertz CT molecular complexity index is 583. The van der Waals surface area contributed by atoms with Gasteiger partial charge in [0.1, 0.15) is 6.26 Å². The summed E-state index contributed by atoms with van der Waals surface area (Å²) in [5.41, 5.74) is 1.54. The first-order valence-electron chi connectivity index (χ1n) is 6.73. The first-order valence-corrected chi connectivity index (χ1v) is 6.73. The predicted molar refractivity (Wildman–Crippen MR) is 78.5 cm³/mol. The van der Waals surface area contributed by atoms with Crippen LogP contribution >= 0.6 is 0 Å². The standard InChI is InChI=1S/C15H19N3O3/c1-11(9-19)18(2)15(20)16-8-13-10-21-14(17-13)12-6-4-3-5-7-12/h3-7,10-11,19H,8-9H2,1-2H3,(H,16,20). The minimum absolute atomic E-state index is 0.0773. The number of carbonyl (C=O) groups excluding carboxylic acids is 1. The number of aliphatic hydroxyl groups is 1. The zero-order chi connectivity index (χ0) is 15.2. The third-order valence-electron chi connectivity index (χ3n) is 3.24. The van der Waals surface area contributed by atoms with Crippen molar-refractivity contribution in [1.82, 2.24) is 15.2 Å². The summed E-state index contributed by atoms with van der Waals surface area (Å²) in [5.74, 6) is 0.525. The van der Waals surface area contributed by atoms with Crippen LogP contribution in [0.25, 0.3) is 11.5 Å². The van der Waals surface area contributed by atoms with Crippen molar-refractivity contribution in [2.24, 2.45) is 0 Å². The summed E-state index contributed by atoms with van der Waals surface area (Å²) in [5, 5.41) is 11.8. The maximum Gasteiger partial charge on any atom is 0.317 e. The molecule has 0 saturated heterocycles.